The van der Waals surface area contributed by atoms with Gasteiger partial charge in [-0.2, -0.15) is 0 Å². The van der Waals surface area contributed by atoms with Crippen LogP contribution >= 0.6 is 23.4 Å². The number of halogens is 1. The smallest absolute Gasteiger partial charge is 0.230 e. The number of benzene rings is 2. The second kappa shape index (κ2) is 7.76. The van der Waals surface area contributed by atoms with E-state index in [1.165, 1.54) is 17.3 Å². The first-order valence-corrected chi connectivity index (χ1v) is 9.19. The Labute approximate surface area is 156 Å². The number of rotatable bonds is 5. The van der Waals surface area contributed by atoms with Crippen LogP contribution in [0.3, 0.4) is 0 Å². The Hall–Kier alpha value is -2.24. The van der Waals surface area contributed by atoms with Gasteiger partial charge in [0.1, 0.15) is 0 Å². The lowest BCUT2D eigenvalue weighted by molar-refractivity contribution is -0.118. The Kier molecular flexibility index (Phi) is 5.46. The number of imidazole rings is 1. The zero-order chi connectivity index (χ0) is 17.8. The van der Waals surface area contributed by atoms with Crippen molar-refractivity contribution in [3.8, 4) is 16.9 Å². The first-order chi connectivity index (χ1) is 12.1. The second-order valence-electron chi connectivity index (χ2n) is 5.57. The van der Waals surface area contributed by atoms with Crippen molar-refractivity contribution in [2.75, 3.05) is 12.8 Å². The molecule has 1 heterocycles. The van der Waals surface area contributed by atoms with Gasteiger partial charge in [0.15, 0.2) is 5.16 Å². The Morgan fingerprint density at radius 1 is 1.16 bits per heavy atom. The molecule has 0 aliphatic rings. The lowest BCUT2D eigenvalue weighted by Gasteiger charge is -2.12. The van der Waals surface area contributed by atoms with Crippen LogP contribution in [0.25, 0.3) is 16.9 Å². The molecule has 0 aliphatic carbocycles. The summed E-state index contributed by atoms with van der Waals surface area (Å²) in [4.78, 5) is 16.1. The third kappa shape index (κ3) is 4.06. The molecular weight excluding hydrogens is 354 g/mol. The van der Waals surface area contributed by atoms with Crippen LogP contribution < -0.4 is 5.32 Å². The molecule has 0 atom stereocenters. The summed E-state index contributed by atoms with van der Waals surface area (Å²) in [7, 11) is 1.63. The van der Waals surface area contributed by atoms with Crippen molar-refractivity contribution in [2.45, 2.75) is 12.1 Å². The summed E-state index contributed by atoms with van der Waals surface area (Å²) in [6.07, 6.45) is 1.84. The quantitative estimate of drug-likeness (QED) is 0.678. The van der Waals surface area contributed by atoms with Crippen LogP contribution in [0.1, 0.15) is 5.56 Å². The van der Waals surface area contributed by atoms with Crippen LogP contribution in [0.4, 0.5) is 0 Å². The first-order valence-electron chi connectivity index (χ1n) is 7.82. The minimum absolute atomic E-state index is 0.0347. The third-order valence-electron chi connectivity index (χ3n) is 3.77. The molecule has 4 nitrogen and oxygen atoms in total. The Morgan fingerprint density at radius 2 is 1.84 bits per heavy atom. The van der Waals surface area contributed by atoms with Crippen molar-refractivity contribution in [3.63, 3.8) is 0 Å². The summed E-state index contributed by atoms with van der Waals surface area (Å²) in [5.74, 6) is 0.279. The molecule has 0 spiro atoms. The van der Waals surface area contributed by atoms with Gasteiger partial charge in [-0.05, 0) is 31.2 Å². The highest BCUT2D eigenvalue weighted by molar-refractivity contribution is 7.99. The molecule has 0 saturated carbocycles. The predicted molar refractivity (Wildman–Crippen MR) is 104 cm³/mol. The fraction of sp³-hybridized carbons (Fsp3) is 0.158. The highest BCUT2D eigenvalue weighted by atomic mass is 35.5. The molecule has 0 unspecified atom stereocenters. The average molecular weight is 372 g/mol. The van der Waals surface area contributed by atoms with E-state index in [1.54, 1.807) is 7.05 Å². The van der Waals surface area contributed by atoms with Crippen LogP contribution in [0.2, 0.25) is 5.02 Å². The molecule has 6 heteroatoms. The number of carbonyl (C=O) groups excluding carboxylic acids is 1. The maximum absolute atomic E-state index is 11.6. The van der Waals surface area contributed by atoms with E-state index in [-0.39, 0.29) is 5.91 Å². The van der Waals surface area contributed by atoms with Crippen molar-refractivity contribution in [3.05, 3.63) is 65.3 Å². The normalized spacial score (nSPS) is 10.7. The summed E-state index contributed by atoms with van der Waals surface area (Å²) < 4.78 is 2.05. The molecule has 1 amide bonds. The second-order valence-corrected chi connectivity index (χ2v) is 6.94. The molecule has 0 saturated heterocycles. The van der Waals surface area contributed by atoms with Crippen molar-refractivity contribution in [2.24, 2.45) is 0 Å². The van der Waals surface area contributed by atoms with E-state index in [2.05, 4.69) is 46.1 Å². The van der Waals surface area contributed by atoms with Gasteiger partial charge >= 0.3 is 0 Å². The number of aromatic nitrogens is 2. The van der Waals surface area contributed by atoms with Gasteiger partial charge in [0, 0.05) is 23.3 Å². The summed E-state index contributed by atoms with van der Waals surface area (Å²) in [5.41, 5.74) is 4.20. The van der Waals surface area contributed by atoms with Crippen molar-refractivity contribution in [1.29, 1.82) is 0 Å². The summed E-state index contributed by atoms with van der Waals surface area (Å²) in [5, 5.41) is 4.08. The summed E-state index contributed by atoms with van der Waals surface area (Å²) in [6, 6.07) is 15.9. The van der Waals surface area contributed by atoms with Crippen LogP contribution in [-0.2, 0) is 4.79 Å². The summed E-state index contributed by atoms with van der Waals surface area (Å²) in [6.45, 7) is 2.06. The molecule has 1 N–H and O–H groups in total. The van der Waals surface area contributed by atoms with Gasteiger partial charge in [-0.3, -0.25) is 9.36 Å². The first kappa shape index (κ1) is 17.6. The molecule has 0 bridgehead atoms. The van der Waals surface area contributed by atoms with E-state index >= 15 is 0 Å². The number of nitrogens with one attached hydrogen (secondary N) is 1. The van der Waals surface area contributed by atoms with Gasteiger partial charge < -0.3 is 5.32 Å². The van der Waals surface area contributed by atoms with Crippen molar-refractivity contribution >= 4 is 29.3 Å². The fourth-order valence-corrected chi connectivity index (χ4v) is 3.40. The lowest BCUT2D eigenvalue weighted by atomic mass is 10.1. The number of thioether (sulfide) groups is 1. The SMILES string of the molecule is CNC(=O)CSc1ncc(-c2ccc(C)cc2)n1-c1ccc(Cl)cc1. The monoisotopic (exact) mass is 371 g/mol. The highest BCUT2D eigenvalue weighted by Gasteiger charge is 2.15. The number of hydrogen-bond acceptors (Lipinski definition) is 3. The van der Waals surface area contributed by atoms with Crippen LogP contribution in [-0.4, -0.2) is 28.3 Å². The average Bonchev–Trinajstić information content (AvgIpc) is 3.05. The topological polar surface area (TPSA) is 46.9 Å². The minimum Gasteiger partial charge on any atom is -0.358 e. The minimum atomic E-state index is -0.0347. The molecule has 128 valence electrons. The van der Waals surface area contributed by atoms with E-state index in [0.29, 0.717) is 10.8 Å². The molecule has 0 fully saturated rings. The van der Waals surface area contributed by atoms with E-state index in [1.807, 2.05) is 30.5 Å². The molecular formula is C19H18ClN3OS. The largest absolute Gasteiger partial charge is 0.358 e. The van der Waals surface area contributed by atoms with Crippen LogP contribution in [0, 0.1) is 6.92 Å². The molecule has 0 aliphatic heterocycles. The van der Waals surface area contributed by atoms with Gasteiger partial charge in [0.05, 0.1) is 17.6 Å². The molecule has 25 heavy (non-hydrogen) atoms. The highest BCUT2D eigenvalue weighted by Crippen LogP contribution is 2.30. The van der Waals surface area contributed by atoms with Gasteiger partial charge in [0.2, 0.25) is 5.91 Å². The van der Waals surface area contributed by atoms with Crippen molar-refractivity contribution in [1.82, 2.24) is 14.9 Å². The van der Waals surface area contributed by atoms with Gasteiger partial charge in [-0.15, -0.1) is 0 Å². The van der Waals surface area contributed by atoms with Gasteiger partial charge in [0.25, 0.3) is 0 Å². The van der Waals surface area contributed by atoms with E-state index < -0.39 is 0 Å². The molecule has 3 rings (SSSR count). The maximum Gasteiger partial charge on any atom is 0.230 e. The number of aryl methyl sites for hydroxylation is 1. The van der Waals surface area contributed by atoms with E-state index in [4.69, 9.17) is 11.6 Å². The zero-order valence-corrected chi connectivity index (χ0v) is 15.6. The molecule has 1 aromatic heterocycles. The third-order valence-corrected chi connectivity index (χ3v) is 4.98. The number of nitrogens with zero attached hydrogens (tertiary/aromatic N) is 2. The van der Waals surface area contributed by atoms with Crippen molar-refractivity contribution < 1.29 is 4.79 Å². The van der Waals surface area contributed by atoms with Gasteiger partial charge in [-0.1, -0.05) is 53.2 Å². The number of carbonyl (C=O) groups is 1. The molecule has 2 aromatic carbocycles. The zero-order valence-electron chi connectivity index (χ0n) is 14.0. The van der Waals surface area contributed by atoms with E-state index in [0.717, 1.165) is 22.1 Å². The standard InChI is InChI=1S/C19H18ClN3OS/c1-13-3-5-14(6-4-13)17-11-22-19(25-12-18(24)21-2)23(17)16-9-7-15(20)8-10-16/h3-11H,12H2,1-2H3,(H,21,24). The Morgan fingerprint density at radius 3 is 2.48 bits per heavy atom. The fourth-order valence-electron chi connectivity index (χ4n) is 2.41. The maximum atomic E-state index is 11.6. The van der Waals surface area contributed by atoms with Crippen LogP contribution in [0.5, 0.6) is 0 Å². The molecule has 3 aromatic rings. The van der Waals surface area contributed by atoms with Gasteiger partial charge in [-0.25, -0.2) is 4.98 Å². The predicted octanol–water partition coefficient (Wildman–Crippen LogP) is 4.34. The number of hydrogen-bond donors (Lipinski definition) is 1. The molecule has 0 radical (unpaired) electrons. The van der Waals surface area contributed by atoms with E-state index in [9.17, 15) is 4.79 Å². The Bertz CT molecular complexity index is 873. The number of amides is 1. The summed E-state index contributed by atoms with van der Waals surface area (Å²) >= 11 is 7.43. The van der Waals surface area contributed by atoms with Crippen LogP contribution in [0.15, 0.2) is 59.9 Å². The Balaban J connectivity index is 2.05. The lowest BCUT2D eigenvalue weighted by Crippen LogP contribution is -2.20.